The Morgan fingerprint density at radius 3 is 2.85 bits per heavy atom. The molecule has 5 heteroatoms. The van der Waals surface area contributed by atoms with E-state index in [2.05, 4.69) is 5.32 Å². The van der Waals surface area contributed by atoms with E-state index in [-0.39, 0.29) is 0 Å². The molecular formula is C15H25NO4. The fourth-order valence-corrected chi connectivity index (χ4v) is 1.88. The smallest absolute Gasteiger partial charge is 0.123 e. The first-order chi connectivity index (χ1) is 9.90. The highest BCUT2D eigenvalue weighted by Gasteiger charge is 2.21. The fraction of sp³-hybridized carbons (Fsp3) is 0.733. The van der Waals surface area contributed by atoms with Crippen molar-refractivity contribution >= 4 is 0 Å². The van der Waals surface area contributed by atoms with Gasteiger partial charge in [0.1, 0.15) is 5.76 Å². The van der Waals surface area contributed by atoms with Crippen molar-refractivity contribution in [3.63, 3.8) is 0 Å². The molecule has 1 aromatic heterocycles. The number of methoxy groups -OCH3 is 1. The van der Waals surface area contributed by atoms with Crippen LogP contribution in [0.1, 0.15) is 30.6 Å². The summed E-state index contributed by atoms with van der Waals surface area (Å²) in [5.74, 6) is 0.984. The zero-order valence-electron chi connectivity index (χ0n) is 12.2. The molecule has 0 spiro atoms. The van der Waals surface area contributed by atoms with Crippen LogP contribution in [0, 0.1) is 0 Å². The van der Waals surface area contributed by atoms with Crippen LogP contribution in [-0.2, 0) is 27.4 Å². The predicted molar refractivity (Wildman–Crippen MR) is 75.5 cm³/mol. The first kappa shape index (κ1) is 15.5. The molecule has 114 valence electrons. The van der Waals surface area contributed by atoms with Gasteiger partial charge in [0.05, 0.1) is 32.6 Å². The van der Waals surface area contributed by atoms with Gasteiger partial charge in [0, 0.05) is 31.9 Å². The Hall–Kier alpha value is -0.880. The molecule has 0 unspecified atom stereocenters. The highest BCUT2D eigenvalue weighted by atomic mass is 16.5. The van der Waals surface area contributed by atoms with Gasteiger partial charge < -0.3 is 23.9 Å². The standard InChI is InChI=1S/C15H25NO4/c1-17-6-2-7-18-9-10-19-12-13-5-8-20-15(13)11-16-14-3-4-14/h5,8,14,16H,2-4,6-7,9-12H2,1H3. The second-order valence-electron chi connectivity index (χ2n) is 5.04. The van der Waals surface area contributed by atoms with Gasteiger partial charge in [-0.25, -0.2) is 0 Å². The largest absolute Gasteiger partial charge is 0.468 e. The van der Waals surface area contributed by atoms with Crippen LogP contribution in [0.2, 0.25) is 0 Å². The van der Waals surface area contributed by atoms with Gasteiger partial charge in [0.15, 0.2) is 0 Å². The Labute approximate surface area is 120 Å². The summed E-state index contributed by atoms with van der Waals surface area (Å²) < 4.78 is 21.5. The van der Waals surface area contributed by atoms with Crippen molar-refractivity contribution in [1.29, 1.82) is 0 Å². The fourth-order valence-electron chi connectivity index (χ4n) is 1.88. The van der Waals surface area contributed by atoms with Gasteiger partial charge in [-0.3, -0.25) is 0 Å². The lowest BCUT2D eigenvalue weighted by Gasteiger charge is -2.06. The quantitative estimate of drug-likeness (QED) is 0.595. The van der Waals surface area contributed by atoms with Crippen molar-refractivity contribution < 1.29 is 18.6 Å². The van der Waals surface area contributed by atoms with Crippen molar-refractivity contribution in [3.8, 4) is 0 Å². The van der Waals surface area contributed by atoms with Gasteiger partial charge in [-0.1, -0.05) is 0 Å². The van der Waals surface area contributed by atoms with Gasteiger partial charge in [-0.15, -0.1) is 0 Å². The summed E-state index contributed by atoms with van der Waals surface area (Å²) in [5, 5.41) is 3.44. The Balaban J connectivity index is 1.51. The zero-order chi connectivity index (χ0) is 14.0. The highest BCUT2D eigenvalue weighted by molar-refractivity contribution is 5.16. The number of hydrogen-bond donors (Lipinski definition) is 1. The average molecular weight is 283 g/mol. The van der Waals surface area contributed by atoms with Crippen molar-refractivity contribution in [1.82, 2.24) is 5.32 Å². The summed E-state index contributed by atoms with van der Waals surface area (Å²) in [6.45, 7) is 4.07. The van der Waals surface area contributed by atoms with Gasteiger partial charge in [0.25, 0.3) is 0 Å². The molecule has 1 aliphatic rings. The SMILES string of the molecule is COCCCOCCOCc1ccoc1CNC1CC1. The third-order valence-electron chi connectivity index (χ3n) is 3.23. The topological polar surface area (TPSA) is 52.9 Å². The molecule has 1 saturated carbocycles. The van der Waals surface area contributed by atoms with E-state index in [1.807, 2.05) is 6.07 Å². The van der Waals surface area contributed by atoms with Gasteiger partial charge in [-0.05, 0) is 25.3 Å². The molecule has 2 rings (SSSR count). The van der Waals surface area contributed by atoms with Crippen LogP contribution in [0.4, 0.5) is 0 Å². The summed E-state index contributed by atoms with van der Waals surface area (Å²) in [4.78, 5) is 0. The number of ether oxygens (including phenoxy) is 3. The van der Waals surface area contributed by atoms with Crippen LogP contribution in [-0.4, -0.2) is 39.6 Å². The summed E-state index contributed by atoms with van der Waals surface area (Å²) in [7, 11) is 1.70. The number of rotatable bonds is 12. The van der Waals surface area contributed by atoms with Gasteiger partial charge in [0.2, 0.25) is 0 Å². The lowest BCUT2D eigenvalue weighted by molar-refractivity contribution is 0.0332. The molecule has 5 nitrogen and oxygen atoms in total. The minimum absolute atomic E-state index is 0.583. The second kappa shape index (κ2) is 9.13. The van der Waals surface area contributed by atoms with Crippen molar-refractivity contribution in [2.24, 2.45) is 0 Å². The van der Waals surface area contributed by atoms with Crippen molar-refractivity contribution in [3.05, 3.63) is 23.7 Å². The second-order valence-corrected chi connectivity index (χ2v) is 5.04. The molecule has 1 N–H and O–H groups in total. The Bertz CT molecular complexity index is 363. The first-order valence-electron chi connectivity index (χ1n) is 7.33. The van der Waals surface area contributed by atoms with E-state index in [4.69, 9.17) is 18.6 Å². The molecule has 0 radical (unpaired) electrons. The molecule has 0 aliphatic heterocycles. The maximum absolute atomic E-state index is 5.60. The Morgan fingerprint density at radius 2 is 2.05 bits per heavy atom. The van der Waals surface area contributed by atoms with E-state index in [9.17, 15) is 0 Å². The number of nitrogens with one attached hydrogen (secondary N) is 1. The summed E-state index contributed by atoms with van der Waals surface area (Å²) >= 11 is 0. The third-order valence-corrected chi connectivity index (χ3v) is 3.23. The maximum Gasteiger partial charge on any atom is 0.123 e. The lowest BCUT2D eigenvalue weighted by atomic mass is 10.2. The van der Waals surface area contributed by atoms with Crippen LogP contribution in [0.5, 0.6) is 0 Å². The average Bonchev–Trinajstić information content (AvgIpc) is 3.19. The molecule has 0 aromatic carbocycles. The molecule has 0 amide bonds. The Morgan fingerprint density at radius 1 is 1.20 bits per heavy atom. The summed E-state index contributed by atoms with van der Waals surface area (Å²) in [6.07, 6.45) is 5.22. The summed E-state index contributed by atoms with van der Waals surface area (Å²) in [5.41, 5.74) is 1.12. The van der Waals surface area contributed by atoms with Crippen LogP contribution in [0.25, 0.3) is 0 Å². The van der Waals surface area contributed by atoms with E-state index < -0.39 is 0 Å². The molecule has 0 atom stereocenters. The molecule has 1 fully saturated rings. The van der Waals surface area contributed by atoms with E-state index >= 15 is 0 Å². The minimum atomic E-state index is 0.583. The molecule has 1 heterocycles. The molecular weight excluding hydrogens is 258 g/mol. The normalized spacial score (nSPS) is 14.8. The molecule has 0 bridgehead atoms. The summed E-state index contributed by atoms with van der Waals surface area (Å²) in [6, 6.07) is 2.66. The van der Waals surface area contributed by atoms with Crippen molar-refractivity contribution in [2.75, 3.05) is 33.5 Å². The maximum atomic E-state index is 5.60. The van der Waals surface area contributed by atoms with E-state index in [1.165, 1.54) is 12.8 Å². The van der Waals surface area contributed by atoms with Gasteiger partial charge in [-0.2, -0.15) is 0 Å². The lowest BCUT2D eigenvalue weighted by Crippen LogP contribution is -2.16. The molecule has 1 aliphatic carbocycles. The van der Waals surface area contributed by atoms with Crippen molar-refractivity contribution in [2.45, 2.75) is 38.5 Å². The monoisotopic (exact) mass is 283 g/mol. The third kappa shape index (κ3) is 6.05. The van der Waals surface area contributed by atoms with Crippen LogP contribution < -0.4 is 5.32 Å². The van der Waals surface area contributed by atoms with E-state index in [0.717, 1.165) is 37.5 Å². The van der Waals surface area contributed by atoms with Crippen LogP contribution >= 0.6 is 0 Å². The van der Waals surface area contributed by atoms with Gasteiger partial charge >= 0.3 is 0 Å². The Kier molecular flexibility index (Phi) is 7.08. The number of furan rings is 1. The molecule has 20 heavy (non-hydrogen) atoms. The van der Waals surface area contributed by atoms with Crippen LogP contribution in [0.3, 0.4) is 0 Å². The first-order valence-corrected chi connectivity index (χ1v) is 7.33. The predicted octanol–water partition coefficient (Wildman–Crippen LogP) is 2.10. The zero-order valence-corrected chi connectivity index (χ0v) is 12.2. The van der Waals surface area contributed by atoms with E-state index in [1.54, 1.807) is 13.4 Å². The highest BCUT2D eigenvalue weighted by Crippen LogP contribution is 2.20. The molecule has 0 saturated heterocycles. The van der Waals surface area contributed by atoms with E-state index in [0.29, 0.717) is 25.9 Å². The van der Waals surface area contributed by atoms with Crippen LogP contribution in [0.15, 0.2) is 16.7 Å². The minimum Gasteiger partial charge on any atom is -0.468 e. The molecule has 1 aromatic rings. The number of hydrogen-bond acceptors (Lipinski definition) is 5.